The molecule has 0 saturated heterocycles. The lowest BCUT2D eigenvalue weighted by molar-refractivity contribution is 0.333. The van der Waals surface area contributed by atoms with Crippen LogP contribution in [0.15, 0.2) is 42.6 Å². The average Bonchev–Trinajstić information content (AvgIpc) is 2.60. The quantitative estimate of drug-likeness (QED) is 0.558. The van der Waals surface area contributed by atoms with Crippen molar-refractivity contribution in [3.05, 3.63) is 52.6 Å². The van der Waals surface area contributed by atoms with Gasteiger partial charge < -0.3 is 10.1 Å². The highest BCUT2D eigenvalue weighted by molar-refractivity contribution is 7.92. The fourth-order valence-electron chi connectivity index (χ4n) is 2.27. The van der Waals surface area contributed by atoms with E-state index in [2.05, 4.69) is 20.0 Å². The maximum Gasteiger partial charge on any atom is 0.229 e. The molecule has 0 aliphatic rings. The van der Waals surface area contributed by atoms with Crippen LogP contribution < -0.4 is 14.8 Å². The summed E-state index contributed by atoms with van der Waals surface area (Å²) in [6, 6.07) is 9.98. The Morgan fingerprint density at radius 3 is 2.41 bits per heavy atom. The van der Waals surface area contributed by atoms with Crippen molar-refractivity contribution >= 4 is 55.8 Å². The van der Waals surface area contributed by atoms with Crippen LogP contribution in [0.25, 0.3) is 11.0 Å². The lowest BCUT2D eigenvalue weighted by Gasteiger charge is -2.09. The van der Waals surface area contributed by atoms with Crippen LogP contribution in [0.3, 0.4) is 0 Å². The predicted molar refractivity (Wildman–Crippen MR) is 108 cm³/mol. The van der Waals surface area contributed by atoms with Crippen LogP contribution in [0.1, 0.15) is 0 Å². The van der Waals surface area contributed by atoms with Gasteiger partial charge >= 0.3 is 0 Å². The molecule has 0 bridgehead atoms. The van der Waals surface area contributed by atoms with Gasteiger partial charge in [-0.05, 0) is 36.4 Å². The van der Waals surface area contributed by atoms with Crippen LogP contribution in [0.2, 0.25) is 10.0 Å². The van der Waals surface area contributed by atoms with Gasteiger partial charge in [0, 0.05) is 5.69 Å². The summed E-state index contributed by atoms with van der Waals surface area (Å²) in [5, 5.41) is 3.98. The molecule has 1 heterocycles. The fraction of sp³-hybridized carbons (Fsp3) is 0.176. The van der Waals surface area contributed by atoms with Crippen LogP contribution in [-0.4, -0.2) is 37.8 Å². The van der Waals surface area contributed by atoms with Crippen molar-refractivity contribution < 1.29 is 13.2 Å². The minimum absolute atomic E-state index is 0.389. The zero-order valence-electron chi connectivity index (χ0n) is 14.2. The summed E-state index contributed by atoms with van der Waals surface area (Å²) in [5.41, 5.74) is 1.78. The molecule has 10 heteroatoms. The van der Waals surface area contributed by atoms with Crippen LogP contribution in [0.4, 0.5) is 11.5 Å². The Morgan fingerprint density at radius 1 is 1.07 bits per heavy atom. The normalized spacial score (nSPS) is 11.4. The van der Waals surface area contributed by atoms with E-state index < -0.39 is 10.0 Å². The van der Waals surface area contributed by atoms with Gasteiger partial charge in [-0.15, -0.1) is 0 Å². The number of sulfonamides is 1. The third-order valence-corrected chi connectivity index (χ3v) is 4.75. The Balaban J connectivity index is 1.52. The van der Waals surface area contributed by atoms with Crippen molar-refractivity contribution in [3.8, 4) is 5.75 Å². The van der Waals surface area contributed by atoms with Gasteiger partial charge in [-0.1, -0.05) is 23.2 Å². The lowest BCUT2D eigenvalue weighted by Crippen LogP contribution is -2.13. The zero-order chi connectivity index (χ0) is 19.4. The van der Waals surface area contributed by atoms with Gasteiger partial charge in [0.05, 0.1) is 40.1 Å². The first kappa shape index (κ1) is 19.5. The lowest BCUT2D eigenvalue weighted by atomic mass is 10.3. The summed E-state index contributed by atoms with van der Waals surface area (Å²) < 4.78 is 30.3. The standard InChI is InChI=1S/C17H16Cl2N4O3S/c1-27(24,25)23-11-2-4-12(5-3-11)26-7-6-20-17-10-21-15-8-13(18)14(19)9-16(15)22-17/h2-5,8-10,23H,6-7H2,1H3,(H,20,22). The molecule has 0 aliphatic heterocycles. The highest BCUT2D eigenvalue weighted by Gasteiger charge is 2.05. The monoisotopic (exact) mass is 426 g/mol. The molecule has 0 saturated carbocycles. The first-order chi connectivity index (χ1) is 12.8. The Labute approximate surface area is 166 Å². The van der Waals surface area contributed by atoms with E-state index in [0.717, 1.165) is 6.26 Å². The van der Waals surface area contributed by atoms with Gasteiger partial charge in [0.2, 0.25) is 10.0 Å². The van der Waals surface area contributed by atoms with Crippen molar-refractivity contribution in [2.75, 3.05) is 29.4 Å². The molecule has 0 amide bonds. The van der Waals surface area contributed by atoms with Crippen molar-refractivity contribution in [2.45, 2.75) is 0 Å². The third kappa shape index (κ3) is 5.59. The topological polar surface area (TPSA) is 93.2 Å². The minimum Gasteiger partial charge on any atom is -0.492 e. The maximum absolute atomic E-state index is 11.2. The van der Waals surface area contributed by atoms with Gasteiger partial charge in [-0.2, -0.15) is 0 Å². The molecule has 3 aromatic rings. The highest BCUT2D eigenvalue weighted by Crippen LogP contribution is 2.26. The molecule has 27 heavy (non-hydrogen) atoms. The van der Waals surface area contributed by atoms with Crippen LogP contribution in [0, 0.1) is 0 Å². The van der Waals surface area contributed by atoms with E-state index >= 15 is 0 Å². The molecule has 0 unspecified atom stereocenters. The molecule has 2 aromatic carbocycles. The third-order valence-electron chi connectivity index (χ3n) is 3.42. The predicted octanol–water partition coefficient (Wildman–Crippen LogP) is 3.80. The Morgan fingerprint density at radius 2 is 1.74 bits per heavy atom. The Bertz CT molecular complexity index is 1060. The second-order valence-electron chi connectivity index (χ2n) is 5.68. The minimum atomic E-state index is -3.29. The Hall–Kier alpha value is -2.29. The molecular weight excluding hydrogens is 411 g/mol. The number of hydrogen-bond acceptors (Lipinski definition) is 6. The molecule has 1 aromatic heterocycles. The van der Waals surface area contributed by atoms with Gasteiger partial charge in [0.15, 0.2) is 0 Å². The summed E-state index contributed by atoms with van der Waals surface area (Å²) >= 11 is 12.0. The van der Waals surface area contributed by atoms with Gasteiger partial charge in [0.25, 0.3) is 0 Å². The van der Waals surface area contributed by atoms with E-state index in [1.54, 1.807) is 42.6 Å². The molecule has 0 spiro atoms. The number of halogens is 2. The summed E-state index contributed by atoms with van der Waals surface area (Å²) in [4.78, 5) is 8.72. The van der Waals surface area contributed by atoms with Gasteiger partial charge in [0.1, 0.15) is 18.2 Å². The van der Waals surface area contributed by atoms with E-state index in [1.807, 2.05) is 0 Å². The van der Waals surface area contributed by atoms with Crippen molar-refractivity contribution in [1.82, 2.24) is 9.97 Å². The Kier molecular flexibility index (Phi) is 5.88. The number of benzene rings is 2. The van der Waals surface area contributed by atoms with E-state index in [4.69, 9.17) is 27.9 Å². The molecule has 7 nitrogen and oxygen atoms in total. The second-order valence-corrected chi connectivity index (χ2v) is 8.25. The number of nitrogens with one attached hydrogen (secondary N) is 2. The summed E-state index contributed by atoms with van der Waals surface area (Å²) in [6.45, 7) is 0.894. The zero-order valence-corrected chi connectivity index (χ0v) is 16.6. The SMILES string of the molecule is CS(=O)(=O)Nc1ccc(OCCNc2cnc3cc(Cl)c(Cl)cc3n2)cc1. The van der Waals surface area contributed by atoms with E-state index in [9.17, 15) is 8.42 Å². The fourth-order valence-corrected chi connectivity index (χ4v) is 3.15. The van der Waals surface area contributed by atoms with Crippen LogP contribution in [0.5, 0.6) is 5.75 Å². The molecule has 142 valence electrons. The highest BCUT2D eigenvalue weighted by atomic mass is 35.5. The number of rotatable bonds is 7. The maximum atomic E-state index is 11.2. The molecule has 2 N–H and O–H groups in total. The first-order valence-corrected chi connectivity index (χ1v) is 10.5. The van der Waals surface area contributed by atoms with E-state index in [0.29, 0.717) is 51.5 Å². The number of ether oxygens (including phenoxy) is 1. The number of anilines is 2. The van der Waals surface area contributed by atoms with Crippen molar-refractivity contribution in [2.24, 2.45) is 0 Å². The largest absolute Gasteiger partial charge is 0.492 e. The van der Waals surface area contributed by atoms with Crippen LogP contribution >= 0.6 is 23.2 Å². The number of fused-ring (bicyclic) bond motifs is 1. The van der Waals surface area contributed by atoms with E-state index in [-0.39, 0.29) is 0 Å². The molecule has 0 aliphatic carbocycles. The van der Waals surface area contributed by atoms with Gasteiger partial charge in [-0.25, -0.2) is 13.4 Å². The van der Waals surface area contributed by atoms with Crippen molar-refractivity contribution in [3.63, 3.8) is 0 Å². The van der Waals surface area contributed by atoms with E-state index in [1.165, 1.54) is 0 Å². The smallest absolute Gasteiger partial charge is 0.229 e. The van der Waals surface area contributed by atoms with Crippen molar-refractivity contribution in [1.29, 1.82) is 0 Å². The second kappa shape index (κ2) is 8.16. The molecular formula is C17H16Cl2N4O3S. The van der Waals surface area contributed by atoms with Gasteiger partial charge in [-0.3, -0.25) is 9.71 Å². The van der Waals surface area contributed by atoms with Crippen LogP contribution in [-0.2, 0) is 10.0 Å². The molecule has 3 rings (SSSR count). The number of nitrogens with zero attached hydrogens (tertiary/aromatic N) is 2. The molecule has 0 atom stereocenters. The summed E-state index contributed by atoms with van der Waals surface area (Å²) in [5.74, 6) is 1.22. The average molecular weight is 427 g/mol. The number of aromatic nitrogens is 2. The molecule has 0 fully saturated rings. The first-order valence-electron chi connectivity index (χ1n) is 7.86. The summed E-state index contributed by atoms with van der Waals surface area (Å²) in [7, 11) is -3.29. The summed E-state index contributed by atoms with van der Waals surface area (Å²) in [6.07, 6.45) is 2.71. The number of hydrogen-bond donors (Lipinski definition) is 2. The molecule has 0 radical (unpaired) electrons.